The quantitative estimate of drug-likeness (QED) is 0.235. The van der Waals surface area contributed by atoms with Crippen molar-refractivity contribution in [3.8, 4) is 0 Å². The van der Waals surface area contributed by atoms with Crippen LogP contribution in [-0.4, -0.2) is 65.7 Å². The molecule has 0 aromatic heterocycles. The molecule has 2 rings (SSSR count). The summed E-state index contributed by atoms with van der Waals surface area (Å²) < 4.78 is 32.9. The lowest BCUT2D eigenvalue weighted by Gasteiger charge is -2.18. The SMILES string of the molecule is CS(=O)(=O)c1ccc(C(=O)C2C(=O)CCCC2=O)c(Cl)c1.O=C(O)CNCP(=O)(O)O. The van der Waals surface area contributed by atoms with Crippen LogP contribution in [0.4, 0.5) is 0 Å². The van der Waals surface area contributed by atoms with Gasteiger partial charge in [-0.2, -0.15) is 0 Å². The first-order chi connectivity index (χ1) is 14.1. The summed E-state index contributed by atoms with van der Waals surface area (Å²) in [5.41, 5.74) is -0.00216. The molecular weight excluding hydrogens is 477 g/mol. The molecular formula is C17H21ClNO10PS. The predicted molar refractivity (Wildman–Crippen MR) is 109 cm³/mol. The van der Waals surface area contributed by atoms with E-state index in [1.807, 2.05) is 0 Å². The molecule has 1 saturated carbocycles. The zero-order chi connectivity index (χ0) is 24.0. The van der Waals surface area contributed by atoms with E-state index in [9.17, 15) is 32.2 Å². The molecule has 31 heavy (non-hydrogen) atoms. The topological polar surface area (TPSA) is 192 Å². The first-order valence-corrected chi connectivity index (χ1v) is 12.8. The maximum atomic E-state index is 12.3. The lowest BCUT2D eigenvalue weighted by atomic mass is 9.82. The zero-order valence-corrected chi connectivity index (χ0v) is 18.7. The fraction of sp³-hybridized carbons (Fsp3) is 0.412. The number of halogens is 1. The molecule has 1 aliphatic carbocycles. The van der Waals surface area contributed by atoms with Crippen LogP contribution < -0.4 is 5.32 Å². The van der Waals surface area contributed by atoms with E-state index in [4.69, 9.17) is 26.5 Å². The molecule has 0 heterocycles. The molecule has 0 spiro atoms. The summed E-state index contributed by atoms with van der Waals surface area (Å²) in [4.78, 5) is 62.0. The van der Waals surface area contributed by atoms with Crippen LogP contribution in [0.5, 0.6) is 0 Å². The van der Waals surface area contributed by atoms with E-state index in [1.165, 1.54) is 12.1 Å². The number of rotatable bonds is 7. The highest BCUT2D eigenvalue weighted by Gasteiger charge is 2.37. The van der Waals surface area contributed by atoms with Crippen molar-refractivity contribution >= 4 is 52.4 Å². The van der Waals surface area contributed by atoms with E-state index in [2.05, 4.69) is 5.32 Å². The minimum absolute atomic E-state index is 0.00216. The van der Waals surface area contributed by atoms with Crippen molar-refractivity contribution in [2.45, 2.75) is 24.2 Å². The lowest BCUT2D eigenvalue weighted by molar-refractivity contribution is -0.136. The Labute approximate surface area is 182 Å². The van der Waals surface area contributed by atoms with Crippen molar-refractivity contribution in [1.82, 2.24) is 5.32 Å². The molecule has 4 N–H and O–H groups in total. The Morgan fingerprint density at radius 3 is 2.16 bits per heavy atom. The number of hydrogen-bond donors (Lipinski definition) is 4. The van der Waals surface area contributed by atoms with E-state index in [1.54, 1.807) is 0 Å². The molecule has 172 valence electrons. The number of ketones is 3. The van der Waals surface area contributed by atoms with Crippen molar-refractivity contribution < 1.29 is 47.1 Å². The number of benzene rings is 1. The van der Waals surface area contributed by atoms with Crippen molar-refractivity contribution in [2.24, 2.45) is 5.92 Å². The van der Waals surface area contributed by atoms with E-state index >= 15 is 0 Å². The van der Waals surface area contributed by atoms with Gasteiger partial charge in [-0.3, -0.25) is 29.1 Å². The van der Waals surface area contributed by atoms with Gasteiger partial charge in [0.2, 0.25) is 0 Å². The van der Waals surface area contributed by atoms with Gasteiger partial charge in [-0.25, -0.2) is 8.42 Å². The van der Waals surface area contributed by atoms with Crippen LogP contribution in [0.1, 0.15) is 29.6 Å². The van der Waals surface area contributed by atoms with Crippen LogP contribution in [0, 0.1) is 5.92 Å². The van der Waals surface area contributed by atoms with Gasteiger partial charge in [-0.1, -0.05) is 11.6 Å². The molecule has 0 unspecified atom stereocenters. The van der Waals surface area contributed by atoms with Crippen molar-refractivity contribution in [1.29, 1.82) is 0 Å². The van der Waals surface area contributed by atoms with Gasteiger partial charge in [-0.15, -0.1) is 0 Å². The standard InChI is InChI=1S/C14H13ClO5S.C3H8NO5P/c1-21(19,20)8-5-6-9(10(15)7-8)14(18)13-11(16)3-2-4-12(13)17;5-3(6)1-4-2-10(7,8)9/h5-7,13H,2-4H2,1H3;4H,1-2H2,(H,5,6)(H2,7,8,9). The summed E-state index contributed by atoms with van der Waals surface area (Å²) in [5.74, 6) is -3.91. The van der Waals surface area contributed by atoms with Gasteiger partial charge in [0.1, 0.15) is 5.92 Å². The summed E-state index contributed by atoms with van der Waals surface area (Å²) >= 11 is 5.94. The Kier molecular flexibility index (Phi) is 9.68. The van der Waals surface area contributed by atoms with Gasteiger partial charge in [-0.05, 0) is 24.6 Å². The lowest BCUT2D eigenvalue weighted by Crippen LogP contribution is -2.35. The minimum Gasteiger partial charge on any atom is -0.480 e. The van der Waals surface area contributed by atoms with E-state index in [-0.39, 0.29) is 28.3 Å². The molecule has 1 fully saturated rings. The minimum atomic E-state index is -4.10. The number of carbonyl (C=O) groups excluding carboxylic acids is 3. The third kappa shape index (κ3) is 8.98. The van der Waals surface area contributed by atoms with Crippen LogP contribution in [0.3, 0.4) is 0 Å². The molecule has 0 saturated heterocycles. The average molecular weight is 498 g/mol. The Morgan fingerprint density at radius 1 is 1.19 bits per heavy atom. The summed E-state index contributed by atoms with van der Waals surface area (Å²) in [6.07, 6.45) is 1.28. The van der Waals surface area contributed by atoms with Crippen LogP contribution in [0.15, 0.2) is 23.1 Å². The fourth-order valence-corrected chi connectivity index (χ4v) is 3.98. The number of aliphatic carboxylic acids is 1. The predicted octanol–water partition coefficient (Wildman–Crippen LogP) is 0.660. The molecule has 0 bridgehead atoms. The van der Waals surface area contributed by atoms with E-state index in [0.29, 0.717) is 6.42 Å². The highest BCUT2D eigenvalue weighted by atomic mass is 35.5. The van der Waals surface area contributed by atoms with Crippen molar-refractivity contribution in [2.75, 3.05) is 19.1 Å². The Balaban J connectivity index is 0.000000407. The largest absolute Gasteiger partial charge is 0.480 e. The molecule has 1 aromatic rings. The summed E-state index contributed by atoms with van der Waals surface area (Å²) in [6, 6.07) is 3.64. The second kappa shape index (κ2) is 11.1. The first-order valence-electron chi connectivity index (χ1n) is 8.70. The number of carboxylic acids is 1. The Hall–Kier alpha value is -1.95. The van der Waals surface area contributed by atoms with Crippen LogP contribution in [0.25, 0.3) is 0 Å². The van der Waals surface area contributed by atoms with Gasteiger partial charge in [0.15, 0.2) is 27.2 Å². The maximum Gasteiger partial charge on any atom is 0.339 e. The van der Waals surface area contributed by atoms with E-state index in [0.717, 1.165) is 12.3 Å². The maximum absolute atomic E-state index is 12.3. The van der Waals surface area contributed by atoms with Crippen LogP contribution in [-0.2, 0) is 28.8 Å². The number of carbonyl (C=O) groups is 4. The van der Waals surface area contributed by atoms with Gasteiger partial charge >= 0.3 is 13.6 Å². The molecule has 1 aromatic carbocycles. The second-order valence-corrected chi connectivity index (χ2v) is 10.7. The second-order valence-electron chi connectivity index (χ2n) is 6.64. The van der Waals surface area contributed by atoms with Crippen molar-refractivity contribution in [3.05, 3.63) is 28.8 Å². The monoisotopic (exact) mass is 497 g/mol. The van der Waals surface area contributed by atoms with Gasteiger partial charge in [0.25, 0.3) is 0 Å². The first kappa shape index (κ1) is 27.1. The number of carboxylic acid groups (broad SMARTS) is 1. The highest BCUT2D eigenvalue weighted by molar-refractivity contribution is 7.90. The number of Topliss-reactive ketones (excluding diaryl/α,β-unsaturated/α-hetero) is 3. The van der Waals surface area contributed by atoms with Gasteiger partial charge < -0.3 is 14.9 Å². The number of hydrogen-bond acceptors (Lipinski definition) is 8. The number of sulfone groups is 1. The Morgan fingerprint density at radius 2 is 1.74 bits per heavy atom. The van der Waals surface area contributed by atoms with Gasteiger partial charge in [0, 0.05) is 24.7 Å². The smallest absolute Gasteiger partial charge is 0.339 e. The molecule has 0 amide bonds. The van der Waals surface area contributed by atoms with Crippen molar-refractivity contribution in [3.63, 3.8) is 0 Å². The highest BCUT2D eigenvalue weighted by Crippen LogP contribution is 2.31. The molecule has 1 aliphatic rings. The third-order valence-electron chi connectivity index (χ3n) is 3.98. The average Bonchev–Trinajstić information content (AvgIpc) is 2.59. The third-order valence-corrected chi connectivity index (χ3v) is 6.04. The molecule has 14 heteroatoms. The molecule has 11 nitrogen and oxygen atoms in total. The molecule has 0 aliphatic heterocycles. The normalized spacial score (nSPS) is 15.2. The van der Waals surface area contributed by atoms with Crippen LogP contribution in [0.2, 0.25) is 5.02 Å². The van der Waals surface area contributed by atoms with Gasteiger partial charge in [0.05, 0.1) is 22.7 Å². The molecule has 0 radical (unpaired) electrons. The Bertz CT molecular complexity index is 1020. The summed E-state index contributed by atoms with van der Waals surface area (Å²) in [5, 5.41) is 9.98. The molecule has 0 atom stereocenters. The van der Waals surface area contributed by atoms with E-state index < -0.39 is 59.5 Å². The summed E-state index contributed by atoms with van der Waals surface area (Å²) in [6.45, 7) is -0.439. The fourth-order valence-electron chi connectivity index (χ4n) is 2.59. The summed E-state index contributed by atoms with van der Waals surface area (Å²) in [7, 11) is -7.54. The number of nitrogens with one attached hydrogen (secondary N) is 1. The van der Waals surface area contributed by atoms with Crippen LogP contribution >= 0.6 is 19.2 Å². The zero-order valence-electron chi connectivity index (χ0n) is 16.3.